The smallest absolute Gasteiger partial charge is 0.338 e. The van der Waals surface area contributed by atoms with Crippen LogP contribution in [0.25, 0.3) is 0 Å². The van der Waals surface area contributed by atoms with Crippen LogP contribution in [0.4, 0.5) is 4.39 Å². The van der Waals surface area contributed by atoms with Gasteiger partial charge >= 0.3 is 17.9 Å². The van der Waals surface area contributed by atoms with E-state index in [0.29, 0.717) is 0 Å². The molecule has 5 rings (SSSR count). The van der Waals surface area contributed by atoms with Gasteiger partial charge in [-0.15, -0.1) is 0 Å². The van der Waals surface area contributed by atoms with Crippen LogP contribution in [0.3, 0.4) is 0 Å². The van der Waals surface area contributed by atoms with Crippen molar-refractivity contribution in [3.8, 4) is 0 Å². The Morgan fingerprint density at radius 3 is 2.24 bits per heavy atom. The molecule has 0 aromatic heterocycles. The van der Waals surface area contributed by atoms with Crippen LogP contribution in [0, 0.1) is 16.7 Å². The Bertz CT molecular complexity index is 1360. The number of carbonyl (C=O) groups excluding carboxylic acids is 4. The first kappa shape index (κ1) is 30.3. The van der Waals surface area contributed by atoms with Gasteiger partial charge in [0.15, 0.2) is 17.5 Å². The standard InChI is InChI=1S/C31H37FO10/c1-15-19(35)13-31(38)26(41-27(37)18-10-8-7-9-11-18)24-29(6,20(32)12-21-30(24,14-39-21)42-17(3)34)25(36)23(40-16(2)33)22(15)28(31,4)5/h7-11,19-21,23-24,26,35,38H,12-14H2,1-6H3/t19-,20?,21?,23?,24?,26-,29?,30?,31?/m0/s1. The zero-order valence-corrected chi connectivity index (χ0v) is 24.5. The molecule has 10 nitrogen and oxygen atoms in total. The fraction of sp³-hybridized carbons (Fsp3) is 0.613. The summed E-state index contributed by atoms with van der Waals surface area (Å²) in [6.07, 6.45) is -8.35. The third kappa shape index (κ3) is 4.07. The highest BCUT2D eigenvalue weighted by molar-refractivity contribution is 5.95. The van der Waals surface area contributed by atoms with Gasteiger partial charge in [0.05, 0.1) is 29.6 Å². The normalized spacial score (nSPS) is 40.4. The first-order valence-corrected chi connectivity index (χ1v) is 14.1. The number of esters is 3. The largest absolute Gasteiger partial charge is 0.455 e. The number of rotatable bonds is 4. The molecular weight excluding hydrogens is 551 g/mol. The van der Waals surface area contributed by atoms with E-state index in [0.717, 1.165) is 13.8 Å². The summed E-state index contributed by atoms with van der Waals surface area (Å²) in [4.78, 5) is 53.3. The molecule has 42 heavy (non-hydrogen) atoms. The molecule has 1 heterocycles. The number of hydrogen-bond acceptors (Lipinski definition) is 10. The summed E-state index contributed by atoms with van der Waals surface area (Å²) in [6, 6.07) is 7.94. The Kier molecular flexibility index (Phi) is 7.19. The van der Waals surface area contributed by atoms with E-state index in [2.05, 4.69) is 0 Å². The van der Waals surface area contributed by atoms with Gasteiger partial charge in [-0.25, -0.2) is 9.18 Å². The number of benzene rings is 1. The van der Waals surface area contributed by atoms with Crippen molar-refractivity contribution in [2.24, 2.45) is 16.7 Å². The Morgan fingerprint density at radius 2 is 1.69 bits per heavy atom. The Morgan fingerprint density at radius 1 is 1.05 bits per heavy atom. The summed E-state index contributed by atoms with van der Waals surface area (Å²) in [5.41, 5.74) is -6.90. The molecule has 2 saturated carbocycles. The molecular formula is C31H37FO10. The maximum Gasteiger partial charge on any atom is 0.338 e. The molecule has 1 aromatic rings. The van der Waals surface area contributed by atoms with Gasteiger partial charge in [-0.05, 0) is 37.1 Å². The lowest BCUT2D eigenvalue weighted by atomic mass is 9.45. The van der Waals surface area contributed by atoms with Gasteiger partial charge in [-0.3, -0.25) is 14.4 Å². The van der Waals surface area contributed by atoms with Crippen molar-refractivity contribution >= 4 is 23.7 Å². The second-order valence-corrected chi connectivity index (χ2v) is 12.7. The van der Waals surface area contributed by atoms with Crippen LogP contribution in [-0.4, -0.2) is 82.3 Å². The fourth-order valence-corrected chi connectivity index (χ4v) is 7.87. The highest BCUT2D eigenvalue weighted by Crippen LogP contribution is 2.64. The molecule has 9 atom stereocenters. The average Bonchev–Trinajstić information content (AvgIpc) is 2.90. The van der Waals surface area contributed by atoms with Gasteiger partial charge in [-0.1, -0.05) is 32.0 Å². The molecule has 4 aliphatic rings. The number of ketones is 1. The minimum Gasteiger partial charge on any atom is -0.455 e. The zero-order valence-electron chi connectivity index (χ0n) is 24.5. The molecule has 3 fully saturated rings. The number of carbonyl (C=O) groups is 4. The lowest BCUT2D eigenvalue weighted by Crippen LogP contribution is -2.81. The maximum absolute atomic E-state index is 16.6. The van der Waals surface area contributed by atoms with Gasteiger partial charge in [0.25, 0.3) is 0 Å². The lowest BCUT2D eigenvalue weighted by Gasteiger charge is -2.67. The van der Waals surface area contributed by atoms with E-state index in [1.54, 1.807) is 39.0 Å². The second-order valence-electron chi connectivity index (χ2n) is 12.7. The number of aliphatic hydroxyl groups excluding tert-OH is 1. The topological polar surface area (TPSA) is 146 Å². The van der Waals surface area contributed by atoms with E-state index in [1.807, 2.05) is 0 Å². The minimum absolute atomic E-state index is 0.102. The molecule has 1 aliphatic heterocycles. The molecule has 11 heteroatoms. The summed E-state index contributed by atoms with van der Waals surface area (Å²) >= 11 is 0. The molecule has 0 spiro atoms. The monoisotopic (exact) mass is 588 g/mol. The van der Waals surface area contributed by atoms with Crippen molar-refractivity contribution in [3.63, 3.8) is 0 Å². The molecule has 7 unspecified atom stereocenters. The molecule has 3 aliphatic carbocycles. The zero-order chi connectivity index (χ0) is 31.0. The van der Waals surface area contributed by atoms with E-state index in [-0.39, 0.29) is 36.2 Å². The van der Waals surface area contributed by atoms with Crippen molar-refractivity contribution in [2.45, 2.75) is 96.2 Å². The van der Waals surface area contributed by atoms with Crippen LogP contribution < -0.4 is 0 Å². The van der Waals surface area contributed by atoms with Crippen LogP contribution in [0.15, 0.2) is 41.5 Å². The molecule has 2 N–H and O–H groups in total. The number of fused-ring (bicyclic) bond motifs is 5. The maximum atomic E-state index is 16.6. The number of alkyl halides is 1. The van der Waals surface area contributed by atoms with Gasteiger partial charge in [0.2, 0.25) is 0 Å². The fourth-order valence-electron chi connectivity index (χ4n) is 7.87. The van der Waals surface area contributed by atoms with E-state index in [1.165, 1.54) is 19.1 Å². The van der Waals surface area contributed by atoms with E-state index in [4.69, 9.17) is 18.9 Å². The van der Waals surface area contributed by atoms with Crippen LogP contribution in [0.1, 0.15) is 64.7 Å². The number of aliphatic hydroxyl groups is 2. The summed E-state index contributed by atoms with van der Waals surface area (Å²) < 4.78 is 39.8. The molecule has 1 aromatic carbocycles. The van der Waals surface area contributed by atoms with Gasteiger partial charge in [0, 0.05) is 32.1 Å². The summed E-state index contributed by atoms with van der Waals surface area (Å²) in [5, 5.41) is 24.1. The third-order valence-corrected chi connectivity index (χ3v) is 10.1. The van der Waals surface area contributed by atoms with E-state index in [9.17, 15) is 29.4 Å². The molecule has 2 bridgehead atoms. The average molecular weight is 589 g/mol. The van der Waals surface area contributed by atoms with E-state index >= 15 is 4.39 Å². The highest BCUT2D eigenvalue weighted by atomic mass is 19.1. The predicted octanol–water partition coefficient (Wildman–Crippen LogP) is 2.63. The molecule has 0 amide bonds. The quantitative estimate of drug-likeness (QED) is 0.306. The van der Waals surface area contributed by atoms with Gasteiger partial charge in [-0.2, -0.15) is 0 Å². The first-order chi connectivity index (χ1) is 19.5. The van der Waals surface area contributed by atoms with Gasteiger partial charge < -0.3 is 29.2 Å². The second kappa shape index (κ2) is 9.96. The van der Waals surface area contributed by atoms with Crippen molar-refractivity contribution < 1.29 is 52.7 Å². The highest BCUT2D eigenvalue weighted by Gasteiger charge is 2.78. The van der Waals surface area contributed by atoms with Crippen LogP contribution in [-0.2, 0) is 33.3 Å². The number of hydrogen-bond donors (Lipinski definition) is 2. The van der Waals surface area contributed by atoms with Crippen molar-refractivity contribution in [1.82, 2.24) is 0 Å². The van der Waals surface area contributed by atoms with Crippen LogP contribution in [0.2, 0.25) is 0 Å². The number of halogens is 1. The Balaban J connectivity index is 1.84. The lowest BCUT2D eigenvalue weighted by molar-refractivity contribution is -0.341. The van der Waals surface area contributed by atoms with Crippen LogP contribution in [0.5, 0.6) is 0 Å². The molecule has 0 radical (unpaired) electrons. The Hall–Kier alpha value is -3.15. The summed E-state index contributed by atoms with van der Waals surface area (Å²) in [7, 11) is 0. The SMILES string of the molecule is CC(=O)OC1C(=O)C2(C)C(F)CC3OCC3(OC(C)=O)C2[C@H](OC(=O)c2ccccc2)C2(O)C[C@H](O)C(C)=C1C2(C)C. The van der Waals surface area contributed by atoms with Crippen molar-refractivity contribution in [1.29, 1.82) is 0 Å². The van der Waals surface area contributed by atoms with E-state index < -0.39 is 82.2 Å². The van der Waals surface area contributed by atoms with Crippen molar-refractivity contribution in [2.75, 3.05) is 6.61 Å². The Labute approximate surface area is 243 Å². The molecule has 228 valence electrons. The first-order valence-electron chi connectivity index (χ1n) is 14.1. The molecule has 1 saturated heterocycles. The summed E-state index contributed by atoms with van der Waals surface area (Å²) in [6.45, 7) is 8.08. The predicted molar refractivity (Wildman–Crippen MR) is 144 cm³/mol. The van der Waals surface area contributed by atoms with Crippen molar-refractivity contribution in [3.05, 3.63) is 47.0 Å². The number of Topliss-reactive ketones (excluding diaryl/α,β-unsaturated/α-hetero) is 1. The minimum atomic E-state index is -2.17. The van der Waals surface area contributed by atoms with Gasteiger partial charge in [0.1, 0.15) is 24.0 Å². The van der Waals surface area contributed by atoms with Crippen LogP contribution >= 0.6 is 0 Å². The third-order valence-electron chi connectivity index (χ3n) is 10.1. The number of ether oxygens (including phenoxy) is 4. The summed E-state index contributed by atoms with van der Waals surface area (Å²) in [5.74, 6) is -4.78.